The van der Waals surface area contributed by atoms with Crippen LogP contribution in [0.4, 0.5) is 9.52 Å². The van der Waals surface area contributed by atoms with Gasteiger partial charge in [-0.25, -0.2) is 9.37 Å². The van der Waals surface area contributed by atoms with Gasteiger partial charge in [0.25, 0.3) is 5.78 Å². The largest absolute Gasteiger partial charge is 0.507 e. The van der Waals surface area contributed by atoms with Crippen molar-refractivity contribution in [1.82, 2.24) is 4.98 Å². The van der Waals surface area contributed by atoms with Crippen molar-refractivity contribution in [3.8, 4) is 5.75 Å². The number of benzene rings is 3. The number of Topliss-reactive ketones (excluding diaryl/α,β-unsaturated/α-hetero) is 1. The monoisotopic (exact) mass is 514 g/mol. The highest BCUT2D eigenvalue weighted by Gasteiger charge is 2.48. The van der Waals surface area contributed by atoms with Crippen molar-refractivity contribution in [2.45, 2.75) is 39.3 Å². The molecule has 0 bridgehead atoms. The number of carbonyl (C=O) groups is 2. The number of hydrogen-bond donors (Lipinski definition) is 1. The molecule has 3 heterocycles. The van der Waals surface area contributed by atoms with Crippen LogP contribution in [0.25, 0.3) is 16.0 Å². The maximum atomic E-state index is 13.8. The number of carbonyl (C=O) groups excluding carboxylic acids is 2. The molecular weight excluding hydrogens is 491 g/mol. The van der Waals surface area contributed by atoms with Crippen molar-refractivity contribution in [1.29, 1.82) is 0 Å². The minimum Gasteiger partial charge on any atom is -0.507 e. The molecule has 0 radical (unpaired) electrons. The zero-order valence-corrected chi connectivity index (χ0v) is 21.2. The lowest BCUT2D eigenvalue weighted by Gasteiger charge is -2.23. The van der Waals surface area contributed by atoms with E-state index >= 15 is 0 Å². The Morgan fingerprint density at radius 1 is 1.11 bits per heavy atom. The lowest BCUT2D eigenvalue weighted by Crippen LogP contribution is -2.29. The van der Waals surface area contributed by atoms with Crippen LogP contribution in [0.15, 0.2) is 60.2 Å². The summed E-state index contributed by atoms with van der Waals surface area (Å²) < 4.78 is 20.5. The number of hydrogen-bond acceptors (Lipinski definition) is 6. The fourth-order valence-corrected chi connectivity index (χ4v) is 6.35. The van der Waals surface area contributed by atoms with E-state index in [9.17, 15) is 19.1 Å². The van der Waals surface area contributed by atoms with Crippen molar-refractivity contribution in [2.75, 3.05) is 4.90 Å². The summed E-state index contributed by atoms with van der Waals surface area (Å²) in [5.41, 5.74) is 4.54. The highest BCUT2D eigenvalue weighted by atomic mass is 32.1. The van der Waals surface area contributed by atoms with Gasteiger partial charge < -0.3 is 9.84 Å². The van der Waals surface area contributed by atoms with Gasteiger partial charge >= 0.3 is 5.91 Å². The number of aliphatic hydroxyl groups excluding tert-OH is 1. The fourth-order valence-electron chi connectivity index (χ4n) is 5.18. The summed E-state index contributed by atoms with van der Waals surface area (Å²) in [4.78, 5) is 32.9. The van der Waals surface area contributed by atoms with Crippen molar-refractivity contribution in [2.24, 2.45) is 0 Å². The van der Waals surface area contributed by atoms with E-state index in [-0.39, 0.29) is 17.4 Å². The SMILES string of the molecule is Cc1cc(C)c2nc(N3C(=O)C(=O)/C(=C(/O)c4ccc5c(c4)CC(C)O5)C3c3ccc(F)cc3)sc2c1. The number of ether oxygens (including phenoxy) is 1. The number of amides is 1. The predicted molar refractivity (Wildman–Crippen MR) is 141 cm³/mol. The molecule has 2 aliphatic rings. The van der Waals surface area contributed by atoms with Gasteiger partial charge in [0.1, 0.15) is 23.4 Å². The molecule has 6 nitrogen and oxygen atoms in total. The number of thiazole rings is 1. The van der Waals surface area contributed by atoms with Crippen molar-refractivity contribution >= 4 is 44.1 Å². The number of anilines is 1. The molecule has 186 valence electrons. The second-order valence-electron chi connectivity index (χ2n) is 9.60. The third-order valence-electron chi connectivity index (χ3n) is 6.82. The molecule has 4 aromatic rings. The normalized spacial score (nSPS) is 20.5. The van der Waals surface area contributed by atoms with Crippen LogP contribution in [0, 0.1) is 19.7 Å². The van der Waals surface area contributed by atoms with Gasteiger partial charge in [-0.05, 0) is 79.4 Å². The Bertz CT molecular complexity index is 1640. The molecule has 0 spiro atoms. The molecule has 37 heavy (non-hydrogen) atoms. The zero-order chi connectivity index (χ0) is 26.0. The maximum absolute atomic E-state index is 13.8. The summed E-state index contributed by atoms with van der Waals surface area (Å²) in [7, 11) is 0. The molecule has 3 aromatic carbocycles. The summed E-state index contributed by atoms with van der Waals surface area (Å²) in [6.07, 6.45) is 0.694. The molecule has 1 saturated heterocycles. The van der Waals surface area contributed by atoms with Crippen LogP contribution in [-0.2, 0) is 16.0 Å². The summed E-state index contributed by atoms with van der Waals surface area (Å²) in [5.74, 6) is -1.60. The van der Waals surface area contributed by atoms with Gasteiger partial charge in [-0.15, -0.1) is 0 Å². The van der Waals surface area contributed by atoms with Gasteiger partial charge in [-0.1, -0.05) is 29.5 Å². The summed E-state index contributed by atoms with van der Waals surface area (Å²) in [6.45, 7) is 5.89. The van der Waals surface area contributed by atoms with E-state index in [4.69, 9.17) is 9.72 Å². The van der Waals surface area contributed by atoms with Crippen molar-refractivity contribution in [3.05, 3.63) is 93.8 Å². The van der Waals surface area contributed by atoms with Crippen LogP contribution >= 0.6 is 11.3 Å². The Morgan fingerprint density at radius 2 is 1.86 bits per heavy atom. The molecule has 2 aliphatic heterocycles. The number of fused-ring (bicyclic) bond motifs is 2. The molecule has 1 amide bonds. The Labute approximate surface area is 216 Å². The van der Waals surface area contributed by atoms with E-state index < -0.39 is 23.5 Å². The first-order valence-electron chi connectivity index (χ1n) is 12.0. The van der Waals surface area contributed by atoms with Gasteiger partial charge in [0.2, 0.25) is 0 Å². The summed E-state index contributed by atoms with van der Waals surface area (Å²) in [6, 6.07) is 13.8. The third-order valence-corrected chi connectivity index (χ3v) is 7.83. The van der Waals surface area contributed by atoms with Crippen LogP contribution in [0.5, 0.6) is 5.75 Å². The molecule has 0 saturated carbocycles. The fraction of sp³-hybridized carbons (Fsp3) is 0.207. The molecule has 2 unspecified atom stereocenters. The summed E-state index contributed by atoms with van der Waals surface area (Å²) in [5, 5.41) is 11.8. The Morgan fingerprint density at radius 3 is 2.62 bits per heavy atom. The first kappa shape index (κ1) is 23.4. The van der Waals surface area contributed by atoms with Crippen molar-refractivity contribution in [3.63, 3.8) is 0 Å². The number of aromatic nitrogens is 1. The van der Waals surface area contributed by atoms with Gasteiger partial charge in [0.15, 0.2) is 5.13 Å². The molecule has 1 fully saturated rings. The van der Waals surface area contributed by atoms with Crippen LogP contribution in [0.3, 0.4) is 0 Å². The Kier molecular flexibility index (Phi) is 5.38. The highest BCUT2D eigenvalue weighted by molar-refractivity contribution is 7.22. The van der Waals surface area contributed by atoms with E-state index in [2.05, 4.69) is 0 Å². The lowest BCUT2D eigenvalue weighted by atomic mass is 9.94. The van der Waals surface area contributed by atoms with Gasteiger partial charge in [0.05, 0.1) is 21.8 Å². The summed E-state index contributed by atoms with van der Waals surface area (Å²) >= 11 is 1.30. The standard InChI is InChI=1S/C29H23FN2O4S/c1-14-10-15(2)24-22(11-14)37-29(31-24)32-25(17-4-7-20(30)8-5-17)23(27(34)28(32)35)26(33)18-6-9-21-19(13-18)12-16(3)36-21/h4-11,13,16,25,33H,12H2,1-3H3/b26-23+. The first-order valence-corrected chi connectivity index (χ1v) is 12.8. The van der Waals surface area contributed by atoms with Gasteiger partial charge in [-0.2, -0.15) is 0 Å². The average Bonchev–Trinajstić information content (AvgIpc) is 3.52. The quantitative estimate of drug-likeness (QED) is 0.206. The minimum atomic E-state index is -0.967. The Hall–Kier alpha value is -4.04. The topological polar surface area (TPSA) is 79.7 Å². The average molecular weight is 515 g/mol. The Balaban J connectivity index is 1.54. The molecule has 1 aromatic heterocycles. The molecule has 0 aliphatic carbocycles. The minimum absolute atomic E-state index is 0.0170. The second-order valence-corrected chi connectivity index (χ2v) is 10.6. The maximum Gasteiger partial charge on any atom is 0.301 e. The van der Waals surface area contributed by atoms with E-state index in [1.54, 1.807) is 18.2 Å². The van der Waals surface area contributed by atoms with E-state index in [1.807, 2.05) is 32.9 Å². The van der Waals surface area contributed by atoms with E-state index in [0.717, 1.165) is 32.7 Å². The number of nitrogens with zero attached hydrogens (tertiary/aromatic N) is 2. The highest BCUT2D eigenvalue weighted by Crippen LogP contribution is 2.45. The first-order chi connectivity index (χ1) is 17.7. The number of rotatable bonds is 3. The lowest BCUT2D eigenvalue weighted by molar-refractivity contribution is -0.132. The number of ketones is 1. The molecule has 1 N–H and O–H groups in total. The molecular formula is C29H23FN2O4S. The van der Waals surface area contributed by atoms with Gasteiger partial charge in [0, 0.05) is 12.0 Å². The zero-order valence-electron chi connectivity index (χ0n) is 20.4. The third kappa shape index (κ3) is 3.79. The second kappa shape index (κ2) is 8.52. The molecule has 2 atom stereocenters. The van der Waals surface area contributed by atoms with Crippen molar-refractivity contribution < 1.29 is 23.8 Å². The van der Waals surface area contributed by atoms with E-state index in [0.29, 0.717) is 22.7 Å². The molecule has 8 heteroatoms. The van der Waals surface area contributed by atoms with Crippen LogP contribution < -0.4 is 9.64 Å². The van der Waals surface area contributed by atoms with Crippen LogP contribution in [0.2, 0.25) is 0 Å². The number of aryl methyl sites for hydroxylation is 2. The molecule has 6 rings (SSSR count). The van der Waals surface area contributed by atoms with Crippen LogP contribution in [0.1, 0.15) is 40.8 Å². The number of halogens is 1. The van der Waals surface area contributed by atoms with Crippen LogP contribution in [-0.4, -0.2) is 27.9 Å². The van der Waals surface area contributed by atoms with E-state index in [1.165, 1.54) is 40.5 Å². The predicted octanol–water partition coefficient (Wildman–Crippen LogP) is 6.00. The van der Waals surface area contributed by atoms with Gasteiger partial charge in [-0.3, -0.25) is 14.5 Å². The number of aliphatic hydroxyl groups is 1. The smallest absolute Gasteiger partial charge is 0.301 e.